The van der Waals surface area contributed by atoms with Gasteiger partial charge in [-0.05, 0) is 17.7 Å². The molecule has 2 aliphatic rings. The molecule has 4 nitrogen and oxygen atoms in total. The molecular formula is C14H19FN2O2. The van der Waals surface area contributed by atoms with Crippen LogP contribution in [0.15, 0.2) is 18.2 Å². The van der Waals surface area contributed by atoms with Gasteiger partial charge in [0.2, 0.25) is 0 Å². The van der Waals surface area contributed by atoms with Gasteiger partial charge in [0.05, 0.1) is 25.9 Å². The molecule has 0 saturated carbocycles. The quantitative estimate of drug-likeness (QED) is 0.884. The van der Waals surface area contributed by atoms with Crippen molar-refractivity contribution < 1.29 is 13.9 Å². The number of benzene rings is 1. The molecule has 2 fully saturated rings. The van der Waals surface area contributed by atoms with E-state index in [0.717, 1.165) is 31.7 Å². The lowest BCUT2D eigenvalue weighted by molar-refractivity contribution is -0.149. The molecule has 1 N–H and O–H groups in total. The highest BCUT2D eigenvalue weighted by molar-refractivity contribution is 5.35. The fourth-order valence-corrected chi connectivity index (χ4v) is 2.88. The second kappa shape index (κ2) is 5.07. The largest absolute Gasteiger partial charge is 0.494 e. The average Bonchev–Trinajstić information content (AvgIpc) is 2.39. The zero-order valence-electron chi connectivity index (χ0n) is 11.1. The molecule has 0 spiro atoms. The Kier molecular flexibility index (Phi) is 3.43. The molecule has 0 aliphatic carbocycles. The zero-order valence-corrected chi connectivity index (χ0v) is 11.1. The van der Waals surface area contributed by atoms with Gasteiger partial charge in [-0.2, -0.15) is 0 Å². The molecule has 19 heavy (non-hydrogen) atoms. The maximum absolute atomic E-state index is 13.9. The van der Waals surface area contributed by atoms with Crippen molar-refractivity contribution in [2.75, 3.05) is 46.5 Å². The van der Waals surface area contributed by atoms with Crippen LogP contribution in [-0.2, 0) is 10.3 Å². The third kappa shape index (κ3) is 2.12. The average molecular weight is 266 g/mol. The maximum Gasteiger partial charge on any atom is 0.165 e. The Morgan fingerprint density at radius 1 is 1.32 bits per heavy atom. The number of hydrogen-bond acceptors (Lipinski definition) is 4. The molecule has 1 aromatic rings. The van der Waals surface area contributed by atoms with Crippen LogP contribution in [0.1, 0.15) is 5.56 Å². The van der Waals surface area contributed by atoms with E-state index in [1.165, 1.54) is 7.11 Å². The van der Waals surface area contributed by atoms with Crippen molar-refractivity contribution in [1.82, 2.24) is 10.2 Å². The van der Waals surface area contributed by atoms with E-state index in [-0.39, 0.29) is 11.4 Å². The fraction of sp³-hybridized carbons (Fsp3) is 0.571. The smallest absolute Gasteiger partial charge is 0.165 e. The number of halogens is 1. The molecule has 0 radical (unpaired) electrons. The molecule has 2 heterocycles. The standard InChI is InChI=1S/C14H19FN2O2/c1-18-13-3-2-11(8-12(13)15)14(9-19-10-14)17-6-4-16-5-7-17/h2-3,8,16H,4-7,9-10H2,1H3. The van der Waals surface area contributed by atoms with Crippen LogP contribution in [0.5, 0.6) is 5.75 Å². The summed E-state index contributed by atoms with van der Waals surface area (Å²) in [5, 5.41) is 3.34. The van der Waals surface area contributed by atoms with Crippen LogP contribution in [0.3, 0.4) is 0 Å². The summed E-state index contributed by atoms with van der Waals surface area (Å²) in [6.07, 6.45) is 0. The van der Waals surface area contributed by atoms with Crippen molar-refractivity contribution in [3.63, 3.8) is 0 Å². The van der Waals surface area contributed by atoms with Crippen LogP contribution < -0.4 is 10.1 Å². The van der Waals surface area contributed by atoms with Gasteiger partial charge in [-0.15, -0.1) is 0 Å². The summed E-state index contributed by atoms with van der Waals surface area (Å²) in [5.41, 5.74) is 0.828. The van der Waals surface area contributed by atoms with E-state index in [0.29, 0.717) is 19.0 Å². The maximum atomic E-state index is 13.9. The Balaban J connectivity index is 1.90. The van der Waals surface area contributed by atoms with Gasteiger partial charge in [0.25, 0.3) is 0 Å². The Morgan fingerprint density at radius 2 is 2.05 bits per heavy atom. The predicted octanol–water partition coefficient (Wildman–Crippen LogP) is 0.965. The van der Waals surface area contributed by atoms with Crippen molar-refractivity contribution in [1.29, 1.82) is 0 Å². The summed E-state index contributed by atoms with van der Waals surface area (Å²) in [4.78, 5) is 2.40. The first kappa shape index (κ1) is 12.8. The summed E-state index contributed by atoms with van der Waals surface area (Å²) >= 11 is 0. The molecule has 1 aromatic carbocycles. The van der Waals surface area contributed by atoms with Gasteiger partial charge in [0, 0.05) is 26.2 Å². The van der Waals surface area contributed by atoms with Gasteiger partial charge in [-0.3, -0.25) is 4.90 Å². The van der Waals surface area contributed by atoms with Crippen molar-refractivity contribution in [3.8, 4) is 5.75 Å². The van der Waals surface area contributed by atoms with Gasteiger partial charge in [-0.25, -0.2) is 4.39 Å². The van der Waals surface area contributed by atoms with E-state index >= 15 is 0 Å². The summed E-state index contributed by atoms with van der Waals surface area (Å²) in [5.74, 6) is -0.0131. The molecule has 0 atom stereocenters. The number of nitrogens with zero attached hydrogens (tertiary/aromatic N) is 1. The van der Waals surface area contributed by atoms with E-state index in [1.54, 1.807) is 12.1 Å². The molecule has 0 amide bonds. The van der Waals surface area contributed by atoms with Gasteiger partial charge < -0.3 is 14.8 Å². The van der Waals surface area contributed by atoms with Gasteiger partial charge in [-0.1, -0.05) is 6.07 Å². The van der Waals surface area contributed by atoms with Crippen LogP contribution >= 0.6 is 0 Å². The van der Waals surface area contributed by atoms with Gasteiger partial charge in [0.1, 0.15) is 0 Å². The number of methoxy groups -OCH3 is 1. The molecule has 0 aromatic heterocycles. The molecule has 104 valence electrons. The van der Waals surface area contributed by atoms with Crippen molar-refractivity contribution in [2.24, 2.45) is 0 Å². The minimum Gasteiger partial charge on any atom is -0.494 e. The van der Waals surface area contributed by atoms with E-state index in [9.17, 15) is 4.39 Å². The molecule has 0 unspecified atom stereocenters. The fourth-order valence-electron chi connectivity index (χ4n) is 2.88. The molecular weight excluding hydrogens is 247 g/mol. The van der Waals surface area contributed by atoms with E-state index in [4.69, 9.17) is 9.47 Å². The molecule has 5 heteroatoms. The van der Waals surface area contributed by atoms with Crippen LogP contribution in [0.25, 0.3) is 0 Å². The summed E-state index contributed by atoms with van der Waals surface area (Å²) in [6, 6.07) is 5.24. The first-order chi connectivity index (χ1) is 9.26. The molecule has 2 aliphatic heterocycles. The van der Waals surface area contributed by atoms with Crippen molar-refractivity contribution in [3.05, 3.63) is 29.6 Å². The number of ether oxygens (including phenoxy) is 2. The number of hydrogen-bond donors (Lipinski definition) is 1. The second-order valence-electron chi connectivity index (χ2n) is 5.11. The zero-order chi connectivity index (χ0) is 13.3. The highest BCUT2D eigenvalue weighted by atomic mass is 19.1. The van der Waals surface area contributed by atoms with Crippen molar-refractivity contribution >= 4 is 0 Å². The van der Waals surface area contributed by atoms with E-state index in [1.807, 2.05) is 6.07 Å². The van der Waals surface area contributed by atoms with Gasteiger partial charge >= 0.3 is 0 Å². The van der Waals surface area contributed by atoms with Crippen LogP contribution in [0, 0.1) is 5.82 Å². The number of piperazine rings is 1. The van der Waals surface area contributed by atoms with Gasteiger partial charge in [0.15, 0.2) is 11.6 Å². The normalized spacial score (nSPS) is 22.8. The molecule has 2 saturated heterocycles. The SMILES string of the molecule is COc1ccc(C2(N3CCNCC3)COC2)cc1F. The second-order valence-corrected chi connectivity index (χ2v) is 5.11. The monoisotopic (exact) mass is 266 g/mol. The molecule has 0 bridgehead atoms. The topological polar surface area (TPSA) is 33.7 Å². The van der Waals surface area contributed by atoms with E-state index in [2.05, 4.69) is 10.2 Å². The highest BCUT2D eigenvalue weighted by Gasteiger charge is 2.46. The first-order valence-corrected chi connectivity index (χ1v) is 6.64. The summed E-state index contributed by atoms with van der Waals surface area (Å²) in [6.45, 7) is 5.16. The van der Waals surface area contributed by atoms with Crippen LogP contribution in [-0.4, -0.2) is 51.4 Å². The van der Waals surface area contributed by atoms with E-state index < -0.39 is 0 Å². The highest BCUT2D eigenvalue weighted by Crippen LogP contribution is 2.37. The number of rotatable bonds is 3. The third-order valence-corrected chi connectivity index (χ3v) is 4.09. The Labute approximate surface area is 112 Å². The third-order valence-electron chi connectivity index (χ3n) is 4.09. The van der Waals surface area contributed by atoms with Crippen molar-refractivity contribution in [2.45, 2.75) is 5.54 Å². The number of nitrogens with one attached hydrogen (secondary N) is 1. The first-order valence-electron chi connectivity index (χ1n) is 6.64. The Bertz CT molecular complexity index is 457. The Morgan fingerprint density at radius 3 is 2.58 bits per heavy atom. The summed E-state index contributed by atoms with van der Waals surface area (Å²) in [7, 11) is 1.48. The van der Waals surface area contributed by atoms with Crippen LogP contribution in [0.2, 0.25) is 0 Å². The lowest BCUT2D eigenvalue weighted by atomic mass is 9.85. The van der Waals surface area contributed by atoms with Crippen LogP contribution in [0.4, 0.5) is 4.39 Å². The lowest BCUT2D eigenvalue weighted by Crippen LogP contribution is -2.63. The molecule has 3 rings (SSSR count). The minimum absolute atomic E-state index is 0.158. The summed E-state index contributed by atoms with van der Waals surface area (Å²) < 4.78 is 24.3. The minimum atomic E-state index is -0.304. The predicted molar refractivity (Wildman–Crippen MR) is 69.9 cm³/mol. The Hall–Kier alpha value is -1.17. The lowest BCUT2D eigenvalue weighted by Gasteiger charge is -2.51.